The van der Waals surface area contributed by atoms with Crippen molar-refractivity contribution in [2.24, 2.45) is 5.73 Å². The zero-order valence-electron chi connectivity index (χ0n) is 21.3. The highest BCUT2D eigenvalue weighted by Gasteiger charge is 2.25. The second-order valence-electron chi connectivity index (χ2n) is 8.57. The average molecular weight is 510 g/mol. The number of rotatable bonds is 24. The normalized spacial score (nSPS) is 13.9. The van der Waals surface area contributed by atoms with E-state index in [2.05, 4.69) is 18.4 Å². The number of nitrogens with two attached hydrogens (primary N) is 1. The SMILES string of the molecule is CCCCCCCCCCC(=O)OC(COC(=O)CCCCCCC)COP(=O)(O)OCCN. The Kier molecular flexibility index (Phi) is 21.8. The lowest BCUT2D eigenvalue weighted by Crippen LogP contribution is -2.29. The third-order valence-electron chi connectivity index (χ3n) is 5.24. The molecule has 3 N–H and O–H groups in total. The van der Waals surface area contributed by atoms with Crippen molar-refractivity contribution in [2.45, 2.75) is 116 Å². The number of hydrogen-bond donors (Lipinski definition) is 2. The Labute approximate surface area is 206 Å². The first-order valence-corrected chi connectivity index (χ1v) is 14.5. The van der Waals surface area contributed by atoms with Gasteiger partial charge in [0.1, 0.15) is 6.61 Å². The summed E-state index contributed by atoms with van der Waals surface area (Å²) in [4.78, 5) is 33.9. The van der Waals surface area contributed by atoms with Crippen LogP contribution in [0.5, 0.6) is 0 Å². The quantitative estimate of drug-likeness (QED) is 0.0992. The van der Waals surface area contributed by atoms with Crippen LogP contribution in [-0.2, 0) is 32.7 Å². The number of ether oxygens (including phenoxy) is 2. The Morgan fingerprint density at radius 1 is 0.765 bits per heavy atom. The van der Waals surface area contributed by atoms with E-state index in [-0.39, 0.29) is 32.6 Å². The molecular formula is C24H48NO8P. The van der Waals surface area contributed by atoms with Gasteiger partial charge in [-0.25, -0.2) is 4.57 Å². The minimum Gasteiger partial charge on any atom is -0.462 e. The van der Waals surface area contributed by atoms with Crippen LogP contribution in [0.2, 0.25) is 0 Å². The topological polar surface area (TPSA) is 134 Å². The first kappa shape index (κ1) is 33.0. The zero-order valence-corrected chi connectivity index (χ0v) is 22.2. The Balaban J connectivity index is 4.42. The van der Waals surface area contributed by atoms with Crippen LogP contribution in [0.4, 0.5) is 0 Å². The molecule has 0 aliphatic heterocycles. The predicted octanol–water partition coefficient (Wildman–Crippen LogP) is 5.43. The predicted molar refractivity (Wildman–Crippen MR) is 132 cm³/mol. The molecule has 2 atom stereocenters. The first-order chi connectivity index (χ1) is 16.3. The average Bonchev–Trinajstić information content (AvgIpc) is 2.81. The Hall–Kier alpha value is -0.990. The summed E-state index contributed by atoms with van der Waals surface area (Å²) in [6.45, 7) is 3.55. The van der Waals surface area contributed by atoms with Gasteiger partial charge in [-0.05, 0) is 12.8 Å². The van der Waals surface area contributed by atoms with Gasteiger partial charge in [0, 0.05) is 19.4 Å². The molecular weight excluding hydrogens is 461 g/mol. The fourth-order valence-electron chi connectivity index (χ4n) is 3.28. The standard InChI is InChI=1S/C24H48NO8P/c1-3-5-7-9-10-11-13-15-17-24(27)33-22(21-32-34(28,29)31-19-18-25)20-30-23(26)16-14-12-8-6-4-2/h22H,3-21,25H2,1-2H3,(H,28,29). The number of phosphoric acid groups is 1. The zero-order chi connectivity index (χ0) is 25.5. The van der Waals surface area contributed by atoms with E-state index in [1.165, 1.54) is 25.7 Å². The molecule has 202 valence electrons. The van der Waals surface area contributed by atoms with Crippen molar-refractivity contribution in [1.82, 2.24) is 0 Å². The molecule has 0 bridgehead atoms. The van der Waals surface area contributed by atoms with Gasteiger partial charge in [0.2, 0.25) is 0 Å². The number of phosphoric ester groups is 1. The maximum atomic E-state index is 12.2. The molecule has 0 fully saturated rings. The Morgan fingerprint density at radius 3 is 1.79 bits per heavy atom. The van der Waals surface area contributed by atoms with Crippen LogP contribution in [0.15, 0.2) is 0 Å². The molecule has 2 unspecified atom stereocenters. The first-order valence-electron chi connectivity index (χ1n) is 13.0. The van der Waals surface area contributed by atoms with Crippen molar-refractivity contribution in [2.75, 3.05) is 26.4 Å². The van der Waals surface area contributed by atoms with Gasteiger partial charge < -0.3 is 20.1 Å². The van der Waals surface area contributed by atoms with Crippen LogP contribution in [0.1, 0.15) is 110 Å². The molecule has 0 aromatic rings. The molecule has 0 aromatic carbocycles. The van der Waals surface area contributed by atoms with Crippen molar-refractivity contribution in [3.8, 4) is 0 Å². The monoisotopic (exact) mass is 509 g/mol. The summed E-state index contributed by atoms with van der Waals surface area (Å²) in [5.74, 6) is -0.849. The number of esters is 2. The molecule has 34 heavy (non-hydrogen) atoms. The van der Waals surface area contributed by atoms with Crippen LogP contribution < -0.4 is 5.73 Å². The number of carbonyl (C=O) groups excluding carboxylic acids is 2. The maximum Gasteiger partial charge on any atom is 0.472 e. The van der Waals surface area contributed by atoms with Gasteiger partial charge in [0.05, 0.1) is 13.2 Å². The summed E-state index contributed by atoms with van der Waals surface area (Å²) in [5.41, 5.74) is 5.26. The summed E-state index contributed by atoms with van der Waals surface area (Å²) in [6, 6.07) is 0. The van der Waals surface area contributed by atoms with Crippen molar-refractivity contribution in [3.05, 3.63) is 0 Å². The minimum atomic E-state index is -4.34. The summed E-state index contributed by atoms with van der Waals surface area (Å²) in [5, 5.41) is 0. The molecule has 0 aliphatic carbocycles. The highest BCUT2D eigenvalue weighted by Crippen LogP contribution is 2.43. The van der Waals surface area contributed by atoms with Gasteiger partial charge in [-0.3, -0.25) is 18.6 Å². The minimum absolute atomic E-state index is 0.0563. The van der Waals surface area contributed by atoms with Crippen molar-refractivity contribution >= 4 is 19.8 Å². The molecule has 9 nitrogen and oxygen atoms in total. The number of carbonyl (C=O) groups is 2. The van der Waals surface area contributed by atoms with E-state index in [0.717, 1.165) is 51.4 Å². The molecule has 0 rings (SSSR count). The van der Waals surface area contributed by atoms with E-state index in [4.69, 9.17) is 19.7 Å². The molecule has 0 saturated heterocycles. The second-order valence-corrected chi connectivity index (χ2v) is 10.0. The van der Waals surface area contributed by atoms with Gasteiger partial charge >= 0.3 is 19.8 Å². The molecule has 0 aliphatic rings. The summed E-state index contributed by atoms with van der Waals surface area (Å²) in [6.07, 6.45) is 13.4. The van der Waals surface area contributed by atoms with E-state index in [9.17, 15) is 19.0 Å². The Morgan fingerprint density at radius 2 is 1.26 bits per heavy atom. The van der Waals surface area contributed by atoms with Crippen LogP contribution in [0.3, 0.4) is 0 Å². The summed E-state index contributed by atoms with van der Waals surface area (Å²) >= 11 is 0. The van der Waals surface area contributed by atoms with Gasteiger partial charge in [-0.1, -0.05) is 84.5 Å². The molecule has 0 aromatic heterocycles. The third kappa shape index (κ3) is 21.5. The maximum absolute atomic E-state index is 12.2. The summed E-state index contributed by atoms with van der Waals surface area (Å²) < 4.78 is 32.1. The fourth-order valence-corrected chi connectivity index (χ4v) is 4.04. The molecule has 0 heterocycles. The molecule has 0 radical (unpaired) electrons. The van der Waals surface area contributed by atoms with Crippen LogP contribution in [-0.4, -0.2) is 49.3 Å². The van der Waals surface area contributed by atoms with Crippen LogP contribution >= 0.6 is 7.82 Å². The largest absolute Gasteiger partial charge is 0.472 e. The lowest BCUT2D eigenvalue weighted by Gasteiger charge is -2.19. The van der Waals surface area contributed by atoms with Crippen LogP contribution in [0, 0.1) is 0 Å². The Bertz CT molecular complexity index is 561. The lowest BCUT2D eigenvalue weighted by molar-refractivity contribution is -0.161. The smallest absolute Gasteiger partial charge is 0.462 e. The fraction of sp³-hybridized carbons (Fsp3) is 0.917. The molecule has 0 spiro atoms. The van der Waals surface area contributed by atoms with E-state index in [1.807, 2.05) is 0 Å². The van der Waals surface area contributed by atoms with Gasteiger partial charge in [0.25, 0.3) is 0 Å². The third-order valence-corrected chi connectivity index (χ3v) is 6.23. The van der Waals surface area contributed by atoms with Gasteiger partial charge in [-0.15, -0.1) is 0 Å². The van der Waals surface area contributed by atoms with Crippen LogP contribution in [0.25, 0.3) is 0 Å². The highest BCUT2D eigenvalue weighted by atomic mass is 31.2. The lowest BCUT2D eigenvalue weighted by atomic mass is 10.1. The van der Waals surface area contributed by atoms with E-state index < -0.39 is 32.5 Å². The van der Waals surface area contributed by atoms with E-state index in [1.54, 1.807) is 0 Å². The second kappa shape index (κ2) is 22.5. The number of unbranched alkanes of at least 4 members (excludes halogenated alkanes) is 11. The number of hydrogen-bond acceptors (Lipinski definition) is 8. The highest BCUT2D eigenvalue weighted by molar-refractivity contribution is 7.47. The van der Waals surface area contributed by atoms with Gasteiger partial charge in [-0.2, -0.15) is 0 Å². The van der Waals surface area contributed by atoms with E-state index >= 15 is 0 Å². The molecule has 0 amide bonds. The summed E-state index contributed by atoms with van der Waals surface area (Å²) in [7, 11) is -4.34. The molecule has 10 heteroatoms. The van der Waals surface area contributed by atoms with Crippen molar-refractivity contribution in [3.63, 3.8) is 0 Å². The molecule has 0 saturated carbocycles. The van der Waals surface area contributed by atoms with E-state index in [0.29, 0.717) is 6.42 Å². The van der Waals surface area contributed by atoms with Crippen molar-refractivity contribution in [1.29, 1.82) is 0 Å². The van der Waals surface area contributed by atoms with Gasteiger partial charge in [0.15, 0.2) is 6.10 Å². The van der Waals surface area contributed by atoms with Crippen molar-refractivity contribution < 1.29 is 37.6 Å².